The van der Waals surface area contributed by atoms with Crippen LogP contribution in [0.15, 0.2) is 39.7 Å². The van der Waals surface area contributed by atoms with Crippen LogP contribution in [-0.4, -0.2) is 45.1 Å². The molecule has 30 heavy (non-hydrogen) atoms. The lowest BCUT2D eigenvalue weighted by Gasteiger charge is -2.11. The van der Waals surface area contributed by atoms with E-state index in [1.165, 1.54) is 7.11 Å². The fourth-order valence-electron chi connectivity index (χ4n) is 2.77. The molecule has 2 rings (SSSR count). The van der Waals surface area contributed by atoms with Crippen molar-refractivity contribution in [3.63, 3.8) is 0 Å². The molecule has 0 aliphatic heterocycles. The molecule has 164 valence electrons. The summed E-state index contributed by atoms with van der Waals surface area (Å²) in [7, 11) is 2.95. The van der Waals surface area contributed by atoms with Crippen molar-refractivity contribution in [1.82, 2.24) is 16.0 Å². The van der Waals surface area contributed by atoms with Gasteiger partial charge in [-0.2, -0.15) is 0 Å². The fourth-order valence-corrected chi connectivity index (χ4v) is 2.77. The molecule has 1 aromatic carbocycles. The molecule has 1 heterocycles. The van der Waals surface area contributed by atoms with E-state index in [1.807, 2.05) is 25.1 Å². The molecule has 0 saturated heterocycles. The Morgan fingerprint density at radius 2 is 1.97 bits per heavy atom. The van der Waals surface area contributed by atoms with Crippen molar-refractivity contribution >= 4 is 41.8 Å². The third kappa shape index (κ3) is 7.36. The number of halogens is 1. The summed E-state index contributed by atoms with van der Waals surface area (Å²) in [6, 6.07) is 9.17. The van der Waals surface area contributed by atoms with Crippen LogP contribution < -0.4 is 16.0 Å². The zero-order chi connectivity index (χ0) is 21.2. The van der Waals surface area contributed by atoms with Crippen LogP contribution in [0.5, 0.6) is 0 Å². The molecule has 0 saturated carbocycles. The number of methoxy groups -OCH3 is 1. The maximum absolute atomic E-state index is 11.7. The first-order valence-electron chi connectivity index (χ1n) is 9.49. The largest absolute Gasteiger partial charge is 0.465 e. The molecular formula is C21H29IN4O4. The lowest BCUT2D eigenvalue weighted by atomic mass is 10.1. The second-order valence-corrected chi connectivity index (χ2v) is 6.33. The van der Waals surface area contributed by atoms with Crippen molar-refractivity contribution in [2.45, 2.75) is 26.8 Å². The molecule has 0 unspecified atom stereocenters. The Morgan fingerprint density at radius 1 is 1.20 bits per heavy atom. The topological polar surface area (TPSA) is 105 Å². The van der Waals surface area contributed by atoms with Gasteiger partial charge in [0.25, 0.3) is 5.91 Å². The Hall–Kier alpha value is -2.56. The van der Waals surface area contributed by atoms with Gasteiger partial charge in [0.2, 0.25) is 0 Å². The maximum Gasteiger partial charge on any atom is 0.341 e. The van der Waals surface area contributed by atoms with Crippen molar-refractivity contribution in [1.29, 1.82) is 0 Å². The predicted octanol–water partition coefficient (Wildman–Crippen LogP) is 2.65. The number of nitrogens with one attached hydrogen (secondary N) is 3. The number of furan rings is 1. The third-order valence-electron chi connectivity index (χ3n) is 4.23. The second kappa shape index (κ2) is 12.9. The van der Waals surface area contributed by atoms with Crippen molar-refractivity contribution in [3.8, 4) is 0 Å². The summed E-state index contributed by atoms with van der Waals surface area (Å²) in [6.07, 6.45) is 0.738. The number of amides is 1. The second-order valence-electron chi connectivity index (χ2n) is 6.33. The van der Waals surface area contributed by atoms with Crippen LogP contribution in [0.25, 0.3) is 0 Å². The lowest BCUT2D eigenvalue weighted by molar-refractivity contribution is 0.0598. The van der Waals surface area contributed by atoms with Crippen molar-refractivity contribution in [3.05, 3.63) is 58.5 Å². The van der Waals surface area contributed by atoms with Gasteiger partial charge in [-0.25, -0.2) is 9.79 Å². The number of hydrogen-bond donors (Lipinski definition) is 3. The summed E-state index contributed by atoms with van der Waals surface area (Å²) in [6.45, 7) is 5.35. The van der Waals surface area contributed by atoms with Crippen molar-refractivity contribution in [2.75, 3.05) is 27.2 Å². The number of carbonyl (C=O) groups is 2. The SMILES string of the molecule is CCNC(=NCc1cc(C(=O)OC)c(C)o1)NCCc1cccc(C(=O)NC)c1.I. The third-order valence-corrected chi connectivity index (χ3v) is 4.23. The highest BCUT2D eigenvalue weighted by atomic mass is 127. The van der Waals surface area contributed by atoms with E-state index in [2.05, 4.69) is 20.9 Å². The number of nitrogens with zero attached hydrogens (tertiary/aromatic N) is 1. The standard InChI is InChI=1S/C21H28N4O4.HI/c1-5-23-21(25-13-17-12-18(14(2)29-17)20(27)28-4)24-10-9-15-7-6-8-16(11-15)19(26)22-3;/h6-8,11-12H,5,9-10,13H2,1-4H3,(H,22,26)(H2,23,24,25);1H. The van der Waals surface area contributed by atoms with E-state index in [4.69, 9.17) is 9.15 Å². The van der Waals surface area contributed by atoms with E-state index < -0.39 is 5.97 Å². The van der Waals surface area contributed by atoms with Gasteiger partial charge in [0.05, 0.1) is 7.11 Å². The van der Waals surface area contributed by atoms with Crippen LogP contribution in [0, 0.1) is 6.92 Å². The molecule has 9 heteroatoms. The summed E-state index contributed by atoms with van der Waals surface area (Å²) in [5, 5.41) is 9.06. The van der Waals surface area contributed by atoms with Crippen LogP contribution in [-0.2, 0) is 17.7 Å². The Kier molecular flexibility index (Phi) is 10.9. The summed E-state index contributed by atoms with van der Waals surface area (Å²) < 4.78 is 10.3. The maximum atomic E-state index is 11.7. The highest BCUT2D eigenvalue weighted by Crippen LogP contribution is 2.16. The number of aryl methyl sites for hydroxylation is 1. The van der Waals surface area contributed by atoms with Crippen molar-refractivity contribution < 1.29 is 18.7 Å². The quantitative estimate of drug-likeness (QED) is 0.211. The molecule has 3 N–H and O–H groups in total. The van der Waals surface area contributed by atoms with Gasteiger partial charge < -0.3 is 25.1 Å². The number of carbonyl (C=O) groups excluding carboxylic acids is 2. The molecule has 0 bridgehead atoms. The molecule has 8 nitrogen and oxygen atoms in total. The van der Waals surface area contributed by atoms with E-state index in [-0.39, 0.29) is 29.9 Å². The van der Waals surface area contributed by atoms with E-state index >= 15 is 0 Å². The zero-order valence-corrected chi connectivity index (χ0v) is 20.0. The number of esters is 1. The number of guanidine groups is 1. The number of ether oxygens (including phenoxy) is 1. The molecule has 0 radical (unpaired) electrons. The van der Waals surface area contributed by atoms with Gasteiger partial charge in [0, 0.05) is 25.7 Å². The van der Waals surface area contributed by atoms with Crippen LogP contribution in [0.1, 0.15) is 44.7 Å². The molecule has 1 aromatic heterocycles. The minimum Gasteiger partial charge on any atom is -0.465 e. The summed E-state index contributed by atoms with van der Waals surface area (Å²) in [5.74, 6) is 1.21. The van der Waals surface area contributed by atoms with Gasteiger partial charge >= 0.3 is 5.97 Å². The van der Waals surface area contributed by atoms with Gasteiger partial charge in [0.1, 0.15) is 23.6 Å². The zero-order valence-electron chi connectivity index (χ0n) is 17.7. The minimum atomic E-state index is -0.425. The molecule has 0 spiro atoms. The summed E-state index contributed by atoms with van der Waals surface area (Å²) in [4.78, 5) is 27.9. The normalized spacial score (nSPS) is 10.7. The molecular weight excluding hydrogens is 499 g/mol. The van der Waals surface area contributed by atoms with Crippen LogP contribution in [0.2, 0.25) is 0 Å². The Balaban J connectivity index is 0.00000450. The number of benzene rings is 1. The van der Waals surface area contributed by atoms with Gasteiger partial charge in [-0.15, -0.1) is 24.0 Å². The van der Waals surface area contributed by atoms with Crippen molar-refractivity contribution in [2.24, 2.45) is 4.99 Å². The van der Waals surface area contributed by atoms with Crippen LogP contribution in [0.3, 0.4) is 0 Å². The first-order chi connectivity index (χ1) is 14.0. The number of aliphatic imine (C=N–C) groups is 1. The lowest BCUT2D eigenvalue weighted by Crippen LogP contribution is -2.38. The Labute approximate surface area is 193 Å². The molecule has 1 amide bonds. The molecule has 0 atom stereocenters. The molecule has 0 aliphatic rings. The first kappa shape index (κ1) is 25.5. The molecule has 0 fully saturated rings. The molecule has 2 aromatic rings. The highest BCUT2D eigenvalue weighted by Gasteiger charge is 2.15. The van der Waals surface area contributed by atoms with Gasteiger partial charge in [-0.3, -0.25) is 4.79 Å². The van der Waals surface area contributed by atoms with E-state index in [1.54, 1.807) is 26.1 Å². The number of hydrogen-bond acceptors (Lipinski definition) is 5. The average Bonchev–Trinajstić information content (AvgIpc) is 3.11. The summed E-state index contributed by atoms with van der Waals surface area (Å²) >= 11 is 0. The highest BCUT2D eigenvalue weighted by molar-refractivity contribution is 14.0. The van der Waals surface area contributed by atoms with Gasteiger partial charge in [-0.05, 0) is 44.0 Å². The van der Waals surface area contributed by atoms with Gasteiger partial charge in [0.15, 0.2) is 5.96 Å². The minimum absolute atomic E-state index is 0. The monoisotopic (exact) mass is 528 g/mol. The Bertz CT molecular complexity index is 880. The van der Waals surface area contributed by atoms with Crippen LogP contribution >= 0.6 is 24.0 Å². The van der Waals surface area contributed by atoms with Crippen LogP contribution in [0.4, 0.5) is 0 Å². The van der Waals surface area contributed by atoms with E-state index in [0.717, 1.165) is 12.0 Å². The first-order valence-corrected chi connectivity index (χ1v) is 9.49. The Morgan fingerprint density at radius 3 is 2.63 bits per heavy atom. The average molecular weight is 528 g/mol. The van der Waals surface area contributed by atoms with E-state index in [9.17, 15) is 9.59 Å². The van der Waals surface area contributed by atoms with E-state index in [0.29, 0.717) is 48.2 Å². The van der Waals surface area contributed by atoms with Gasteiger partial charge in [-0.1, -0.05) is 12.1 Å². The summed E-state index contributed by atoms with van der Waals surface area (Å²) in [5.41, 5.74) is 2.10. The molecule has 0 aliphatic carbocycles. The smallest absolute Gasteiger partial charge is 0.341 e. The number of rotatable bonds is 8. The predicted molar refractivity (Wildman–Crippen MR) is 127 cm³/mol. The fraction of sp³-hybridized carbons (Fsp3) is 0.381.